The summed E-state index contributed by atoms with van der Waals surface area (Å²) in [6.45, 7) is 0.901. The summed E-state index contributed by atoms with van der Waals surface area (Å²) in [6.07, 6.45) is 2.14. The molecule has 1 atom stereocenters. The first-order chi connectivity index (χ1) is 14.8. The Morgan fingerprint density at radius 3 is 2.68 bits per heavy atom. The Kier molecular flexibility index (Phi) is 5.96. The van der Waals surface area contributed by atoms with Gasteiger partial charge >= 0.3 is 0 Å². The van der Waals surface area contributed by atoms with Crippen LogP contribution in [0.15, 0.2) is 35.1 Å². The van der Waals surface area contributed by atoms with Crippen molar-refractivity contribution in [2.45, 2.75) is 38.3 Å². The molecule has 1 saturated heterocycles. The first-order valence-electron chi connectivity index (χ1n) is 10.4. The Balaban J connectivity index is 1.59. The van der Waals surface area contributed by atoms with E-state index in [0.717, 1.165) is 16.3 Å². The van der Waals surface area contributed by atoms with Crippen LogP contribution in [-0.4, -0.2) is 65.0 Å². The molecule has 4 rings (SSSR count). The van der Waals surface area contributed by atoms with Gasteiger partial charge in [0.25, 0.3) is 15.8 Å². The fourth-order valence-electron chi connectivity index (χ4n) is 4.24. The number of carbonyl (C=O) groups is 1. The summed E-state index contributed by atoms with van der Waals surface area (Å²) >= 11 is 0. The standard InChI is InChI=1S/C21H27N5O4S/c1-24(2)31(29,30)25-12-10-16-17(14-25)22-20(23-21(16)28)18-9-6-11-26(18)19(27)13-15-7-4-3-5-8-15/h3-5,7-8,18H,6,9-14H2,1-2H3,(H,22,23,28)/t18-/m1/s1. The van der Waals surface area contributed by atoms with Crippen molar-refractivity contribution in [2.24, 2.45) is 0 Å². The van der Waals surface area contributed by atoms with Crippen LogP contribution in [0, 0.1) is 0 Å². The summed E-state index contributed by atoms with van der Waals surface area (Å²) in [7, 11) is -0.631. The smallest absolute Gasteiger partial charge is 0.281 e. The predicted octanol–water partition coefficient (Wildman–Crippen LogP) is 0.841. The molecule has 31 heavy (non-hydrogen) atoms. The van der Waals surface area contributed by atoms with Crippen LogP contribution in [0.25, 0.3) is 0 Å². The molecule has 3 heterocycles. The number of fused-ring (bicyclic) bond motifs is 1. The lowest BCUT2D eigenvalue weighted by atomic mass is 10.1. The molecule has 166 valence electrons. The average Bonchev–Trinajstić information content (AvgIpc) is 3.24. The fraction of sp³-hybridized carbons (Fsp3) is 0.476. The number of amides is 1. The molecule has 2 aliphatic heterocycles. The zero-order valence-electron chi connectivity index (χ0n) is 17.7. The molecule has 1 N–H and O–H groups in total. The second-order valence-electron chi connectivity index (χ2n) is 8.16. The average molecular weight is 446 g/mol. The highest BCUT2D eigenvalue weighted by molar-refractivity contribution is 7.86. The third-order valence-electron chi connectivity index (χ3n) is 5.93. The molecular weight excluding hydrogens is 418 g/mol. The van der Waals surface area contributed by atoms with E-state index in [-0.39, 0.29) is 30.6 Å². The second-order valence-corrected chi connectivity index (χ2v) is 10.3. The molecule has 9 nitrogen and oxygen atoms in total. The number of carbonyl (C=O) groups excluding carboxylic acids is 1. The molecule has 0 spiro atoms. The van der Waals surface area contributed by atoms with Gasteiger partial charge in [0.2, 0.25) is 5.91 Å². The van der Waals surface area contributed by atoms with Crippen molar-refractivity contribution in [2.75, 3.05) is 27.2 Å². The summed E-state index contributed by atoms with van der Waals surface area (Å²) in [5.74, 6) is 0.428. The van der Waals surface area contributed by atoms with E-state index in [9.17, 15) is 18.0 Å². The predicted molar refractivity (Wildman–Crippen MR) is 115 cm³/mol. The molecule has 0 radical (unpaired) electrons. The van der Waals surface area contributed by atoms with E-state index in [4.69, 9.17) is 0 Å². The van der Waals surface area contributed by atoms with Crippen LogP contribution in [0.4, 0.5) is 0 Å². The van der Waals surface area contributed by atoms with E-state index >= 15 is 0 Å². The number of nitrogens with one attached hydrogen (secondary N) is 1. The lowest BCUT2D eigenvalue weighted by molar-refractivity contribution is -0.131. The number of rotatable bonds is 5. The van der Waals surface area contributed by atoms with Crippen LogP contribution >= 0.6 is 0 Å². The van der Waals surface area contributed by atoms with E-state index in [1.54, 1.807) is 4.90 Å². The van der Waals surface area contributed by atoms with Gasteiger partial charge in [0.05, 0.1) is 24.7 Å². The lowest BCUT2D eigenvalue weighted by Gasteiger charge is -2.30. The van der Waals surface area contributed by atoms with Crippen LogP contribution in [0.5, 0.6) is 0 Å². The number of aromatic amines is 1. The summed E-state index contributed by atoms with van der Waals surface area (Å²) in [5, 5.41) is 0. The summed E-state index contributed by atoms with van der Waals surface area (Å²) in [4.78, 5) is 34.9. The molecule has 0 bridgehead atoms. The largest absolute Gasteiger partial charge is 0.332 e. The molecule has 1 amide bonds. The SMILES string of the molecule is CN(C)S(=O)(=O)N1CCc2c(nc([C@H]3CCCN3C(=O)Cc3ccccc3)[nH]c2=O)C1. The van der Waals surface area contributed by atoms with Crippen molar-refractivity contribution in [1.82, 2.24) is 23.5 Å². The maximum Gasteiger partial charge on any atom is 0.281 e. The molecule has 0 saturated carbocycles. The Morgan fingerprint density at radius 2 is 1.97 bits per heavy atom. The third-order valence-corrected chi connectivity index (χ3v) is 7.82. The van der Waals surface area contributed by atoms with Gasteiger partial charge in [-0.1, -0.05) is 30.3 Å². The quantitative estimate of drug-likeness (QED) is 0.734. The molecule has 1 aromatic heterocycles. The number of benzene rings is 1. The molecule has 0 unspecified atom stereocenters. The number of hydrogen-bond acceptors (Lipinski definition) is 5. The fourth-order valence-corrected chi connectivity index (χ4v) is 5.31. The topological polar surface area (TPSA) is 107 Å². The highest BCUT2D eigenvalue weighted by Crippen LogP contribution is 2.31. The van der Waals surface area contributed by atoms with Gasteiger partial charge in [-0.3, -0.25) is 9.59 Å². The van der Waals surface area contributed by atoms with Gasteiger partial charge in [-0.15, -0.1) is 0 Å². The molecule has 10 heteroatoms. The summed E-state index contributed by atoms with van der Waals surface area (Å²) in [5.41, 5.74) is 1.69. The summed E-state index contributed by atoms with van der Waals surface area (Å²) in [6, 6.07) is 9.24. The Bertz CT molecular complexity index is 1130. The van der Waals surface area contributed by atoms with Gasteiger partial charge in [0, 0.05) is 32.7 Å². The van der Waals surface area contributed by atoms with E-state index in [2.05, 4.69) is 9.97 Å². The number of aromatic nitrogens is 2. The minimum absolute atomic E-state index is 0.00844. The maximum atomic E-state index is 12.9. The number of H-pyrrole nitrogens is 1. The molecule has 1 aromatic carbocycles. The van der Waals surface area contributed by atoms with Gasteiger partial charge in [-0.05, 0) is 24.8 Å². The van der Waals surface area contributed by atoms with Gasteiger partial charge in [-0.2, -0.15) is 17.0 Å². The van der Waals surface area contributed by atoms with Crippen LogP contribution in [0.2, 0.25) is 0 Å². The van der Waals surface area contributed by atoms with E-state index in [1.165, 1.54) is 18.4 Å². The number of hydrogen-bond donors (Lipinski definition) is 1. The zero-order valence-corrected chi connectivity index (χ0v) is 18.6. The first-order valence-corrected chi connectivity index (χ1v) is 11.8. The number of likely N-dealkylation sites (tertiary alicyclic amines) is 1. The first kappa shape index (κ1) is 21.7. The van der Waals surface area contributed by atoms with Crippen LogP contribution in [0.3, 0.4) is 0 Å². The Hall–Kier alpha value is -2.56. The molecular formula is C21H27N5O4S. The van der Waals surface area contributed by atoms with Crippen molar-refractivity contribution in [1.29, 1.82) is 0 Å². The molecule has 0 aliphatic carbocycles. The third kappa shape index (κ3) is 4.28. The minimum atomic E-state index is -3.60. The van der Waals surface area contributed by atoms with Crippen LogP contribution < -0.4 is 5.56 Å². The van der Waals surface area contributed by atoms with E-state index in [1.807, 2.05) is 30.3 Å². The Labute approximate surface area is 181 Å². The summed E-state index contributed by atoms with van der Waals surface area (Å²) < 4.78 is 27.5. The Morgan fingerprint density at radius 1 is 1.23 bits per heavy atom. The molecule has 2 aromatic rings. The van der Waals surface area contributed by atoms with Gasteiger partial charge < -0.3 is 9.88 Å². The zero-order chi connectivity index (χ0) is 22.2. The van der Waals surface area contributed by atoms with Crippen molar-refractivity contribution in [3.05, 3.63) is 63.3 Å². The van der Waals surface area contributed by atoms with Gasteiger partial charge in [0.1, 0.15) is 5.82 Å². The van der Waals surface area contributed by atoms with E-state index in [0.29, 0.717) is 42.9 Å². The molecule has 2 aliphatic rings. The second kappa shape index (κ2) is 8.52. The van der Waals surface area contributed by atoms with Crippen molar-refractivity contribution < 1.29 is 13.2 Å². The van der Waals surface area contributed by atoms with Crippen LogP contribution in [-0.2, 0) is 34.4 Å². The normalized spacial score (nSPS) is 19.6. The number of nitrogens with zero attached hydrogens (tertiary/aromatic N) is 4. The van der Waals surface area contributed by atoms with Crippen molar-refractivity contribution >= 4 is 16.1 Å². The molecule has 1 fully saturated rings. The lowest BCUT2D eigenvalue weighted by Crippen LogP contribution is -2.44. The van der Waals surface area contributed by atoms with Crippen LogP contribution in [0.1, 0.15) is 41.5 Å². The highest BCUT2D eigenvalue weighted by atomic mass is 32.2. The highest BCUT2D eigenvalue weighted by Gasteiger charge is 2.35. The van der Waals surface area contributed by atoms with E-state index < -0.39 is 10.2 Å². The van der Waals surface area contributed by atoms with Crippen molar-refractivity contribution in [3.63, 3.8) is 0 Å². The maximum absolute atomic E-state index is 12.9. The van der Waals surface area contributed by atoms with Gasteiger partial charge in [-0.25, -0.2) is 4.98 Å². The van der Waals surface area contributed by atoms with Gasteiger partial charge in [0.15, 0.2) is 0 Å². The monoisotopic (exact) mass is 445 g/mol. The minimum Gasteiger partial charge on any atom is -0.332 e. The van der Waals surface area contributed by atoms with Crippen molar-refractivity contribution in [3.8, 4) is 0 Å².